The van der Waals surface area contributed by atoms with Gasteiger partial charge in [-0.15, -0.1) is 0 Å². The van der Waals surface area contributed by atoms with Crippen molar-refractivity contribution in [2.24, 2.45) is 0 Å². The minimum absolute atomic E-state index is 0.0349. The van der Waals surface area contributed by atoms with Gasteiger partial charge in [-0.05, 0) is 37.8 Å². The first-order valence-corrected chi connectivity index (χ1v) is 7.26. The molecule has 0 amide bonds. The molecular formula is C13H19ClN6. The molecule has 20 heavy (non-hydrogen) atoms. The van der Waals surface area contributed by atoms with Gasteiger partial charge in [-0.25, -0.2) is 0 Å². The van der Waals surface area contributed by atoms with E-state index >= 15 is 0 Å². The number of rotatable bonds is 4. The summed E-state index contributed by atoms with van der Waals surface area (Å²) in [5.41, 5.74) is 0. The van der Waals surface area contributed by atoms with Gasteiger partial charge >= 0.3 is 0 Å². The second kappa shape index (κ2) is 6.71. The second-order valence-corrected chi connectivity index (χ2v) is 5.41. The van der Waals surface area contributed by atoms with Crippen LogP contribution in [0.5, 0.6) is 0 Å². The molecule has 0 aliphatic carbocycles. The van der Waals surface area contributed by atoms with Gasteiger partial charge in [-0.3, -0.25) is 0 Å². The molecule has 1 aromatic heterocycles. The van der Waals surface area contributed by atoms with Gasteiger partial charge in [0.25, 0.3) is 0 Å². The molecule has 0 N–H and O–H groups in total. The van der Waals surface area contributed by atoms with E-state index in [2.05, 4.69) is 25.9 Å². The summed E-state index contributed by atoms with van der Waals surface area (Å²) in [5, 5.41) is 8.98. The lowest BCUT2D eigenvalue weighted by molar-refractivity contribution is 0.566. The van der Waals surface area contributed by atoms with E-state index in [9.17, 15) is 0 Å². The van der Waals surface area contributed by atoms with Gasteiger partial charge in [0.15, 0.2) is 0 Å². The quantitative estimate of drug-likeness (QED) is 0.848. The molecule has 6 nitrogen and oxygen atoms in total. The molecule has 1 saturated heterocycles. The Bertz CT molecular complexity index is 494. The van der Waals surface area contributed by atoms with Crippen molar-refractivity contribution in [3.8, 4) is 6.07 Å². The summed E-state index contributed by atoms with van der Waals surface area (Å²) in [4.78, 5) is 16.9. The van der Waals surface area contributed by atoms with Crippen LogP contribution in [-0.2, 0) is 0 Å². The first-order chi connectivity index (χ1) is 9.61. The van der Waals surface area contributed by atoms with Crippen LogP contribution in [0.25, 0.3) is 0 Å². The fourth-order valence-electron chi connectivity index (χ4n) is 2.19. The van der Waals surface area contributed by atoms with Crippen molar-refractivity contribution in [3.63, 3.8) is 0 Å². The van der Waals surface area contributed by atoms with Crippen molar-refractivity contribution in [1.29, 1.82) is 5.26 Å². The lowest BCUT2D eigenvalue weighted by Crippen LogP contribution is -2.34. The summed E-state index contributed by atoms with van der Waals surface area (Å²) in [6, 6.07) is 2.19. The van der Waals surface area contributed by atoms with E-state index in [-0.39, 0.29) is 11.3 Å². The molecule has 1 unspecified atom stereocenters. The van der Waals surface area contributed by atoms with Crippen molar-refractivity contribution in [1.82, 2.24) is 15.0 Å². The Morgan fingerprint density at radius 2 is 2.00 bits per heavy atom. The summed E-state index contributed by atoms with van der Waals surface area (Å²) in [7, 11) is 1.87. The van der Waals surface area contributed by atoms with Crippen LogP contribution < -0.4 is 9.80 Å². The van der Waals surface area contributed by atoms with Gasteiger partial charge < -0.3 is 9.80 Å². The highest BCUT2D eigenvalue weighted by molar-refractivity contribution is 6.28. The van der Waals surface area contributed by atoms with E-state index in [4.69, 9.17) is 16.9 Å². The Labute approximate surface area is 124 Å². The van der Waals surface area contributed by atoms with Crippen LogP contribution >= 0.6 is 11.6 Å². The van der Waals surface area contributed by atoms with Gasteiger partial charge in [0.1, 0.15) is 0 Å². The molecule has 1 aliphatic heterocycles. The zero-order valence-corrected chi connectivity index (χ0v) is 12.6. The van der Waals surface area contributed by atoms with Crippen LogP contribution in [0.1, 0.15) is 32.6 Å². The van der Waals surface area contributed by atoms with Crippen LogP contribution in [0.3, 0.4) is 0 Å². The van der Waals surface area contributed by atoms with Gasteiger partial charge in [0, 0.05) is 26.2 Å². The zero-order valence-electron chi connectivity index (χ0n) is 11.9. The Balaban J connectivity index is 2.21. The monoisotopic (exact) mass is 294 g/mol. The van der Waals surface area contributed by atoms with Crippen molar-refractivity contribution >= 4 is 23.5 Å². The first kappa shape index (κ1) is 14.8. The molecule has 0 saturated carbocycles. The Hall–Kier alpha value is -1.61. The lowest BCUT2D eigenvalue weighted by Gasteiger charge is -2.28. The summed E-state index contributed by atoms with van der Waals surface area (Å²) < 4.78 is 0. The topological polar surface area (TPSA) is 68.9 Å². The van der Waals surface area contributed by atoms with Gasteiger partial charge in [0.05, 0.1) is 12.5 Å². The molecule has 1 aromatic rings. The predicted molar refractivity (Wildman–Crippen MR) is 79.0 cm³/mol. The third-order valence-corrected chi connectivity index (χ3v) is 3.76. The van der Waals surface area contributed by atoms with Crippen molar-refractivity contribution in [2.45, 2.75) is 38.6 Å². The minimum atomic E-state index is 0.0349. The number of halogens is 1. The SMILES string of the molecule is CC(CC#N)N(C)c1nc(Cl)nc(N2CCCCC2)n1. The van der Waals surface area contributed by atoms with E-state index < -0.39 is 0 Å². The average Bonchev–Trinajstić information content (AvgIpc) is 2.47. The molecule has 2 heterocycles. The number of hydrogen-bond acceptors (Lipinski definition) is 6. The van der Waals surface area contributed by atoms with E-state index in [0.717, 1.165) is 25.9 Å². The van der Waals surface area contributed by atoms with Gasteiger partial charge in [-0.2, -0.15) is 20.2 Å². The van der Waals surface area contributed by atoms with E-state index in [1.54, 1.807) is 0 Å². The molecule has 0 spiro atoms. The highest BCUT2D eigenvalue weighted by atomic mass is 35.5. The molecule has 0 radical (unpaired) electrons. The molecule has 1 fully saturated rings. The van der Waals surface area contributed by atoms with E-state index in [1.807, 2.05) is 18.9 Å². The molecule has 108 valence electrons. The maximum absolute atomic E-state index is 8.78. The third-order valence-electron chi connectivity index (χ3n) is 3.59. The highest BCUT2D eigenvalue weighted by Gasteiger charge is 2.19. The Morgan fingerprint density at radius 1 is 1.30 bits per heavy atom. The van der Waals surface area contributed by atoms with Crippen LogP contribution in [0.15, 0.2) is 0 Å². The van der Waals surface area contributed by atoms with Gasteiger partial charge in [0.2, 0.25) is 17.2 Å². The number of anilines is 2. The van der Waals surface area contributed by atoms with E-state index in [1.165, 1.54) is 6.42 Å². The Morgan fingerprint density at radius 3 is 2.65 bits per heavy atom. The second-order valence-electron chi connectivity index (χ2n) is 5.07. The van der Waals surface area contributed by atoms with Crippen LogP contribution in [0, 0.1) is 11.3 Å². The molecule has 0 aromatic carbocycles. The molecule has 1 aliphatic rings. The fraction of sp³-hybridized carbons (Fsp3) is 0.692. The average molecular weight is 295 g/mol. The number of piperidine rings is 1. The van der Waals surface area contributed by atoms with Crippen molar-refractivity contribution in [3.05, 3.63) is 5.28 Å². The summed E-state index contributed by atoms with van der Waals surface area (Å²) in [6.45, 7) is 3.87. The van der Waals surface area contributed by atoms with Crippen molar-refractivity contribution in [2.75, 3.05) is 29.9 Å². The zero-order chi connectivity index (χ0) is 14.5. The van der Waals surface area contributed by atoms with Gasteiger partial charge in [-0.1, -0.05) is 0 Å². The summed E-state index contributed by atoms with van der Waals surface area (Å²) >= 11 is 6.01. The van der Waals surface area contributed by atoms with E-state index in [0.29, 0.717) is 18.3 Å². The third kappa shape index (κ3) is 3.48. The fourth-order valence-corrected chi connectivity index (χ4v) is 2.34. The smallest absolute Gasteiger partial charge is 0.231 e. The standard InChI is InChI=1S/C13H19ClN6/c1-10(6-7-15)19(2)12-16-11(14)17-13(18-12)20-8-4-3-5-9-20/h10H,3-6,8-9H2,1-2H3. The summed E-state index contributed by atoms with van der Waals surface area (Å²) in [5.74, 6) is 1.16. The number of hydrogen-bond donors (Lipinski definition) is 0. The minimum Gasteiger partial charge on any atom is -0.341 e. The molecule has 2 rings (SSSR count). The lowest BCUT2D eigenvalue weighted by atomic mass is 10.1. The van der Waals surface area contributed by atoms with Crippen LogP contribution in [0.4, 0.5) is 11.9 Å². The maximum Gasteiger partial charge on any atom is 0.231 e. The molecule has 0 bridgehead atoms. The number of nitriles is 1. The largest absolute Gasteiger partial charge is 0.341 e. The normalized spacial score (nSPS) is 16.6. The van der Waals surface area contributed by atoms with Crippen LogP contribution in [-0.4, -0.2) is 41.1 Å². The molecule has 7 heteroatoms. The number of aromatic nitrogens is 3. The first-order valence-electron chi connectivity index (χ1n) is 6.88. The molecular weight excluding hydrogens is 276 g/mol. The van der Waals surface area contributed by atoms with Crippen LogP contribution in [0.2, 0.25) is 5.28 Å². The summed E-state index contributed by atoms with van der Waals surface area (Å²) in [6.07, 6.45) is 3.97. The molecule has 1 atom stereocenters. The maximum atomic E-state index is 8.78. The highest BCUT2D eigenvalue weighted by Crippen LogP contribution is 2.20. The van der Waals surface area contributed by atoms with Crippen molar-refractivity contribution < 1.29 is 0 Å². The predicted octanol–water partition coefficient (Wildman–Crippen LogP) is 2.25. The Kier molecular flexibility index (Phi) is 4.96. The number of nitrogens with zero attached hydrogens (tertiary/aromatic N) is 6.